The molecule has 0 radical (unpaired) electrons. The van der Waals surface area contributed by atoms with E-state index >= 15 is 0 Å². The van der Waals surface area contributed by atoms with Crippen molar-refractivity contribution >= 4 is 45.6 Å². The molecule has 0 aliphatic heterocycles. The predicted molar refractivity (Wildman–Crippen MR) is 202 cm³/mol. The van der Waals surface area contributed by atoms with Crippen LogP contribution in [0.2, 0.25) is 0 Å². The second kappa shape index (κ2) is 22.2. The van der Waals surface area contributed by atoms with E-state index in [-0.39, 0.29) is 65.4 Å². The number of hydrogen-bond acceptors (Lipinski definition) is 13. The van der Waals surface area contributed by atoms with Crippen LogP contribution in [0.15, 0.2) is 29.4 Å². The fraction of sp³-hybridized carbons (Fsp3) is 0.730. The Bertz CT molecular complexity index is 1320. The minimum absolute atomic E-state index is 0.0222. The Morgan fingerprint density at radius 3 is 2.00 bits per heavy atom. The van der Waals surface area contributed by atoms with Crippen LogP contribution < -0.4 is 5.32 Å². The number of nitrogens with zero attached hydrogens (tertiary/aromatic N) is 2. The Kier molecular flexibility index (Phi) is 20.1. The lowest BCUT2D eigenvalue weighted by Gasteiger charge is -2.41. The molecule has 0 fully saturated rings. The molecule has 0 bridgehead atoms. The van der Waals surface area contributed by atoms with E-state index in [1.54, 1.807) is 61.6 Å². The Labute approximate surface area is 317 Å². The summed E-state index contributed by atoms with van der Waals surface area (Å²) < 4.78 is 32.7. The van der Waals surface area contributed by atoms with Gasteiger partial charge >= 0.3 is 24.0 Å². The molecule has 0 spiro atoms. The van der Waals surface area contributed by atoms with Gasteiger partial charge in [0, 0.05) is 45.4 Å². The van der Waals surface area contributed by atoms with Gasteiger partial charge in [0.05, 0.1) is 36.1 Å². The predicted octanol–water partition coefficient (Wildman–Crippen LogP) is 6.94. The van der Waals surface area contributed by atoms with Crippen molar-refractivity contribution in [3.05, 3.63) is 35.8 Å². The molecule has 1 aromatic heterocycles. The number of carbonyl (C=O) groups excluding carboxylic acids is 4. The summed E-state index contributed by atoms with van der Waals surface area (Å²) in [5, 5.41) is 3.43. The van der Waals surface area contributed by atoms with Crippen LogP contribution in [-0.2, 0) is 42.8 Å². The first-order chi connectivity index (χ1) is 24.2. The zero-order valence-corrected chi connectivity index (χ0v) is 34.2. The Morgan fingerprint density at radius 2 is 1.42 bits per heavy atom. The molecule has 0 aromatic carbocycles. The van der Waals surface area contributed by atoms with Crippen molar-refractivity contribution in [2.24, 2.45) is 16.2 Å². The number of aromatic nitrogens is 1. The standard InChI is InChI=1S/C37H59N3O10S2/c1-12-37(9,38-10)27-36(8,31(43)49-23-24-51-52-28-15-13-14-16-39-28)26-35(7,25-34(5,6)29(41)47-21-19-45-11)30(42)48-22-20-46-18-17-40-32(44)50-33(2,3)4/h13-16H,12,17-27H2,1-9,11H3,(H,40,44). The molecule has 13 nitrogen and oxygen atoms in total. The normalized spacial score (nSPS) is 15.2. The molecule has 3 atom stereocenters. The van der Waals surface area contributed by atoms with Crippen molar-refractivity contribution in [1.82, 2.24) is 10.3 Å². The van der Waals surface area contributed by atoms with Gasteiger partial charge in [-0.2, -0.15) is 0 Å². The maximum atomic E-state index is 14.0. The van der Waals surface area contributed by atoms with E-state index in [1.807, 2.05) is 25.1 Å². The lowest BCUT2D eigenvalue weighted by Crippen LogP contribution is -2.46. The van der Waals surface area contributed by atoms with E-state index in [9.17, 15) is 19.2 Å². The smallest absolute Gasteiger partial charge is 0.407 e. The van der Waals surface area contributed by atoms with Crippen LogP contribution in [0.3, 0.4) is 0 Å². The van der Waals surface area contributed by atoms with Gasteiger partial charge in [-0.25, -0.2) is 16.4 Å². The highest BCUT2D eigenvalue weighted by atomic mass is 33.1. The van der Waals surface area contributed by atoms with E-state index in [0.717, 1.165) is 5.03 Å². The van der Waals surface area contributed by atoms with Crippen LogP contribution in [0.5, 0.6) is 0 Å². The number of alkyl carbamates (subject to hydrolysis) is 1. The van der Waals surface area contributed by atoms with Crippen LogP contribution in [0.1, 0.15) is 88.0 Å². The first kappa shape index (κ1) is 47.0. The molecular formula is C37H59N3O10S2. The summed E-state index contributed by atoms with van der Waals surface area (Å²) in [4.78, 5) is 61.2. The average Bonchev–Trinajstić information content (AvgIpc) is 3.06. The number of esters is 3. The lowest BCUT2D eigenvalue weighted by atomic mass is 9.63. The SMILES string of the molecule is [C-]#[N+]C(C)(CC)CC(C)(CC(C)(CC(C)(C)C(=O)OCCOC)C(=O)OCCOCCNC(=O)OC(C)(C)C)C(=O)OCCSSc1ccccn1. The highest BCUT2D eigenvalue weighted by Crippen LogP contribution is 2.48. The number of pyridine rings is 1. The molecule has 1 heterocycles. The summed E-state index contributed by atoms with van der Waals surface area (Å²) in [5.74, 6) is -1.22. The van der Waals surface area contributed by atoms with Crippen molar-refractivity contribution in [2.75, 3.05) is 59.0 Å². The number of amides is 1. The Hall–Kier alpha value is -3.06. The topological polar surface area (TPSA) is 153 Å². The largest absolute Gasteiger partial charge is 0.464 e. The minimum atomic E-state index is -1.39. The molecule has 1 amide bonds. The number of carbonyl (C=O) groups is 4. The van der Waals surface area contributed by atoms with Gasteiger partial charge < -0.3 is 38.6 Å². The van der Waals surface area contributed by atoms with Crippen LogP contribution in [0.4, 0.5) is 4.79 Å². The van der Waals surface area contributed by atoms with Crippen LogP contribution in [0, 0.1) is 22.8 Å². The summed E-state index contributed by atoms with van der Waals surface area (Å²) >= 11 is 0. The molecule has 52 heavy (non-hydrogen) atoms. The zero-order valence-electron chi connectivity index (χ0n) is 32.6. The summed E-state index contributed by atoms with van der Waals surface area (Å²) in [5.41, 5.74) is -5.41. The molecule has 0 aliphatic rings. The number of ether oxygens (including phenoxy) is 6. The highest BCUT2D eigenvalue weighted by molar-refractivity contribution is 8.76. The van der Waals surface area contributed by atoms with Crippen molar-refractivity contribution < 1.29 is 47.6 Å². The summed E-state index contributed by atoms with van der Waals surface area (Å²) in [6, 6.07) is 5.62. The Morgan fingerprint density at radius 1 is 0.808 bits per heavy atom. The van der Waals surface area contributed by atoms with Crippen LogP contribution in [-0.4, -0.2) is 99.2 Å². The van der Waals surface area contributed by atoms with Gasteiger partial charge in [-0.05, 0) is 84.2 Å². The number of methoxy groups -OCH3 is 1. The van der Waals surface area contributed by atoms with Crippen LogP contribution >= 0.6 is 21.6 Å². The molecular weight excluding hydrogens is 711 g/mol. The second-order valence-electron chi connectivity index (χ2n) is 15.0. The maximum Gasteiger partial charge on any atom is 0.407 e. The third kappa shape index (κ3) is 17.6. The van der Waals surface area contributed by atoms with Crippen molar-refractivity contribution in [1.29, 1.82) is 0 Å². The van der Waals surface area contributed by atoms with Crippen molar-refractivity contribution in [2.45, 2.75) is 104 Å². The lowest BCUT2D eigenvalue weighted by molar-refractivity contribution is -0.170. The first-order valence-electron chi connectivity index (χ1n) is 17.4. The number of nitrogens with one attached hydrogen (secondary N) is 1. The minimum Gasteiger partial charge on any atom is -0.464 e. The summed E-state index contributed by atoms with van der Waals surface area (Å²) in [6.45, 7) is 24.2. The maximum absolute atomic E-state index is 14.0. The number of rotatable bonds is 24. The summed E-state index contributed by atoms with van der Waals surface area (Å²) in [7, 11) is 4.46. The molecule has 0 aliphatic carbocycles. The van der Waals surface area contributed by atoms with E-state index in [2.05, 4.69) is 15.1 Å². The highest BCUT2D eigenvalue weighted by Gasteiger charge is 2.53. The van der Waals surface area contributed by atoms with Gasteiger partial charge in [0.1, 0.15) is 30.4 Å². The monoisotopic (exact) mass is 769 g/mol. The fourth-order valence-electron chi connectivity index (χ4n) is 5.67. The zero-order chi connectivity index (χ0) is 39.5. The van der Waals surface area contributed by atoms with Crippen molar-refractivity contribution in [3.8, 4) is 0 Å². The van der Waals surface area contributed by atoms with E-state index in [4.69, 9.17) is 35.0 Å². The molecule has 1 N–H and O–H groups in total. The first-order valence-corrected chi connectivity index (χ1v) is 19.7. The molecule has 0 saturated carbocycles. The fourth-order valence-corrected chi connectivity index (χ4v) is 7.38. The van der Waals surface area contributed by atoms with E-state index in [0.29, 0.717) is 12.2 Å². The molecule has 3 unspecified atom stereocenters. The van der Waals surface area contributed by atoms with Gasteiger partial charge in [0.15, 0.2) is 0 Å². The van der Waals surface area contributed by atoms with Gasteiger partial charge in [-0.3, -0.25) is 14.4 Å². The quantitative estimate of drug-likeness (QED) is 0.0380. The van der Waals surface area contributed by atoms with E-state index < -0.39 is 51.4 Å². The van der Waals surface area contributed by atoms with Crippen LogP contribution in [0.25, 0.3) is 4.85 Å². The molecule has 1 rings (SSSR count). The molecule has 0 saturated heterocycles. The number of hydrogen-bond donors (Lipinski definition) is 1. The van der Waals surface area contributed by atoms with Crippen molar-refractivity contribution in [3.63, 3.8) is 0 Å². The molecule has 15 heteroatoms. The molecule has 294 valence electrons. The third-order valence-corrected chi connectivity index (χ3v) is 10.3. The molecule has 1 aromatic rings. The average molecular weight is 770 g/mol. The second-order valence-corrected chi connectivity index (χ2v) is 17.4. The van der Waals surface area contributed by atoms with Gasteiger partial charge in [0.2, 0.25) is 5.54 Å². The third-order valence-electron chi connectivity index (χ3n) is 8.03. The van der Waals surface area contributed by atoms with Gasteiger partial charge in [-0.1, -0.05) is 23.8 Å². The van der Waals surface area contributed by atoms with Gasteiger partial charge in [-0.15, -0.1) is 0 Å². The summed E-state index contributed by atoms with van der Waals surface area (Å²) in [6.07, 6.45) is 1.64. The van der Waals surface area contributed by atoms with Gasteiger partial charge in [0.25, 0.3) is 0 Å². The van der Waals surface area contributed by atoms with E-state index in [1.165, 1.54) is 28.7 Å². The Balaban J connectivity index is 3.17.